The Kier molecular flexibility index (Phi) is 4.57. The van der Waals surface area contributed by atoms with Gasteiger partial charge in [0.05, 0.1) is 24.1 Å². The lowest BCUT2D eigenvalue weighted by Gasteiger charge is -2.19. The largest absolute Gasteiger partial charge is 0.355 e. The average molecular weight is 348 g/mol. The van der Waals surface area contributed by atoms with Crippen LogP contribution in [0.4, 0.5) is 5.69 Å². The number of amides is 1. The Bertz CT molecular complexity index is 845. The first kappa shape index (κ1) is 16.5. The molecule has 0 saturated carbocycles. The summed E-state index contributed by atoms with van der Waals surface area (Å²) in [6.45, 7) is 0.561. The molecule has 0 bridgehead atoms. The highest BCUT2D eigenvalue weighted by Crippen LogP contribution is 2.29. The molecule has 0 atom stereocenters. The molecule has 3 rings (SSSR count). The van der Waals surface area contributed by atoms with Crippen molar-refractivity contribution in [2.24, 2.45) is 7.05 Å². The summed E-state index contributed by atoms with van der Waals surface area (Å²) in [6.07, 6.45) is 4.30. The van der Waals surface area contributed by atoms with Crippen LogP contribution in [0, 0.1) is 0 Å². The maximum absolute atomic E-state index is 12.5. The van der Waals surface area contributed by atoms with E-state index in [1.807, 2.05) is 24.3 Å². The fourth-order valence-electron chi connectivity index (χ4n) is 2.84. The number of sulfonamides is 1. The smallest absolute Gasteiger partial charge is 0.236 e. The van der Waals surface area contributed by atoms with Crippen LogP contribution in [0.15, 0.2) is 36.7 Å². The maximum Gasteiger partial charge on any atom is 0.236 e. The van der Waals surface area contributed by atoms with Gasteiger partial charge < -0.3 is 5.32 Å². The lowest BCUT2D eigenvalue weighted by molar-refractivity contribution is -0.120. The first-order valence-electron chi connectivity index (χ1n) is 7.78. The van der Waals surface area contributed by atoms with Gasteiger partial charge in [-0.3, -0.25) is 13.8 Å². The van der Waals surface area contributed by atoms with Crippen molar-refractivity contribution in [2.75, 3.05) is 23.1 Å². The zero-order chi connectivity index (χ0) is 17.2. The molecule has 1 aromatic heterocycles. The van der Waals surface area contributed by atoms with Gasteiger partial charge in [0, 0.05) is 26.3 Å². The molecule has 1 aliphatic rings. The summed E-state index contributed by atoms with van der Waals surface area (Å²) in [7, 11) is -1.66. The second-order valence-corrected chi connectivity index (χ2v) is 7.83. The van der Waals surface area contributed by atoms with Crippen LogP contribution in [0.5, 0.6) is 0 Å². The molecule has 0 unspecified atom stereocenters. The van der Waals surface area contributed by atoms with Crippen molar-refractivity contribution in [3.8, 4) is 0 Å². The van der Waals surface area contributed by atoms with E-state index < -0.39 is 10.0 Å². The minimum Gasteiger partial charge on any atom is -0.355 e. The number of rotatable bonds is 6. The number of para-hydroxylation sites is 1. The molecule has 7 nitrogen and oxygen atoms in total. The zero-order valence-corrected chi connectivity index (χ0v) is 14.3. The molecule has 0 spiro atoms. The van der Waals surface area contributed by atoms with Crippen LogP contribution >= 0.6 is 0 Å². The number of carbonyl (C=O) groups is 1. The number of fused-ring (bicyclic) bond motifs is 1. The highest BCUT2D eigenvalue weighted by molar-refractivity contribution is 7.92. The van der Waals surface area contributed by atoms with Crippen molar-refractivity contribution in [1.29, 1.82) is 0 Å². The molecule has 0 radical (unpaired) electrons. The molecule has 8 heteroatoms. The van der Waals surface area contributed by atoms with Crippen LogP contribution in [0.3, 0.4) is 0 Å². The number of nitrogens with one attached hydrogen (secondary N) is 1. The van der Waals surface area contributed by atoms with Gasteiger partial charge in [0.2, 0.25) is 15.9 Å². The summed E-state index contributed by atoms with van der Waals surface area (Å²) in [4.78, 5) is 11.9. The fraction of sp³-hybridized carbons (Fsp3) is 0.375. The third-order valence-electron chi connectivity index (χ3n) is 3.99. The number of carbonyl (C=O) groups excluding carboxylic acids is 1. The van der Waals surface area contributed by atoms with Crippen LogP contribution in [0.25, 0.3) is 0 Å². The summed E-state index contributed by atoms with van der Waals surface area (Å²) >= 11 is 0. The van der Waals surface area contributed by atoms with Gasteiger partial charge in [0.15, 0.2) is 0 Å². The van der Waals surface area contributed by atoms with Crippen LogP contribution in [-0.2, 0) is 34.7 Å². The summed E-state index contributed by atoms with van der Waals surface area (Å²) in [5, 5.41) is 6.66. The second kappa shape index (κ2) is 6.64. The van der Waals surface area contributed by atoms with Gasteiger partial charge in [0.1, 0.15) is 0 Å². The van der Waals surface area contributed by atoms with E-state index in [2.05, 4.69) is 10.4 Å². The molecule has 0 saturated heterocycles. The summed E-state index contributed by atoms with van der Waals surface area (Å²) in [6, 6.07) is 7.51. The number of hydrogen-bond acceptors (Lipinski definition) is 4. The standard InChI is InChI=1S/C16H20N4O3S/c1-19-12-13(11-18-19)10-16(21)17-7-9-24(22,23)20-8-6-14-4-2-3-5-15(14)20/h2-5,11-12H,6-10H2,1H3,(H,17,21). The average Bonchev–Trinajstić information content (AvgIpc) is 3.13. The van der Waals surface area contributed by atoms with Gasteiger partial charge in [-0.25, -0.2) is 8.42 Å². The maximum atomic E-state index is 12.5. The normalized spacial score (nSPS) is 13.8. The molecule has 2 heterocycles. The fourth-order valence-corrected chi connectivity index (χ4v) is 4.27. The van der Waals surface area contributed by atoms with E-state index in [0.29, 0.717) is 6.54 Å². The van der Waals surface area contributed by atoms with Crippen molar-refractivity contribution in [1.82, 2.24) is 15.1 Å². The van der Waals surface area contributed by atoms with Crippen LogP contribution in [0.1, 0.15) is 11.1 Å². The molecule has 2 aromatic rings. The SMILES string of the molecule is Cn1cc(CC(=O)NCCS(=O)(=O)N2CCc3ccccc32)cn1. The van der Waals surface area contributed by atoms with E-state index in [4.69, 9.17) is 0 Å². The number of nitrogens with zero attached hydrogens (tertiary/aromatic N) is 3. The summed E-state index contributed by atoms with van der Waals surface area (Å²) in [5.74, 6) is -0.319. The van der Waals surface area contributed by atoms with E-state index in [9.17, 15) is 13.2 Å². The predicted octanol–water partition coefficient (Wildman–Crippen LogP) is 0.471. The van der Waals surface area contributed by atoms with Gasteiger partial charge in [-0.1, -0.05) is 18.2 Å². The number of anilines is 1. The molecule has 1 amide bonds. The molecule has 1 aromatic carbocycles. The van der Waals surface area contributed by atoms with Crippen molar-refractivity contribution in [3.63, 3.8) is 0 Å². The molecule has 0 fully saturated rings. The third-order valence-corrected chi connectivity index (χ3v) is 5.76. The number of benzene rings is 1. The minimum atomic E-state index is -3.44. The topological polar surface area (TPSA) is 84.3 Å². The van der Waals surface area contributed by atoms with Gasteiger partial charge in [-0.2, -0.15) is 5.10 Å². The van der Waals surface area contributed by atoms with Gasteiger partial charge in [-0.15, -0.1) is 0 Å². The number of aryl methyl sites for hydroxylation is 1. The molecule has 1 aliphatic heterocycles. The lowest BCUT2D eigenvalue weighted by atomic mass is 10.2. The minimum absolute atomic E-state index is 0.0973. The van der Waals surface area contributed by atoms with Crippen LogP contribution < -0.4 is 9.62 Å². The summed E-state index contributed by atoms with van der Waals surface area (Å²) in [5.41, 5.74) is 2.59. The molecule has 24 heavy (non-hydrogen) atoms. The predicted molar refractivity (Wildman–Crippen MR) is 91.2 cm³/mol. The van der Waals surface area contributed by atoms with Crippen molar-refractivity contribution < 1.29 is 13.2 Å². The molecule has 0 aliphatic carbocycles. The van der Waals surface area contributed by atoms with E-state index in [-0.39, 0.29) is 24.6 Å². The highest BCUT2D eigenvalue weighted by atomic mass is 32.2. The Labute approximate surface area is 141 Å². The monoisotopic (exact) mass is 348 g/mol. The van der Waals surface area contributed by atoms with Crippen LogP contribution in [0.2, 0.25) is 0 Å². The quantitative estimate of drug-likeness (QED) is 0.822. The van der Waals surface area contributed by atoms with Crippen molar-refractivity contribution in [2.45, 2.75) is 12.8 Å². The molecule has 128 valence electrons. The first-order valence-corrected chi connectivity index (χ1v) is 9.39. The molecular weight excluding hydrogens is 328 g/mol. The third kappa shape index (κ3) is 3.59. The number of hydrogen-bond donors (Lipinski definition) is 1. The van der Waals surface area contributed by atoms with E-state index >= 15 is 0 Å². The Morgan fingerprint density at radius 1 is 1.33 bits per heavy atom. The van der Waals surface area contributed by atoms with Crippen molar-refractivity contribution in [3.05, 3.63) is 47.8 Å². The Hall–Kier alpha value is -2.35. The Balaban J connectivity index is 1.53. The number of aromatic nitrogens is 2. The van der Waals surface area contributed by atoms with E-state index in [0.717, 1.165) is 23.2 Å². The van der Waals surface area contributed by atoms with Gasteiger partial charge in [-0.05, 0) is 23.6 Å². The Morgan fingerprint density at radius 2 is 2.12 bits per heavy atom. The lowest BCUT2D eigenvalue weighted by Crippen LogP contribution is -2.37. The summed E-state index contributed by atoms with van der Waals surface area (Å²) < 4.78 is 28.1. The van der Waals surface area contributed by atoms with E-state index in [1.54, 1.807) is 24.1 Å². The first-order chi connectivity index (χ1) is 11.5. The van der Waals surface area contributed by atoms with E-state index in [1.165, 1.54) is 4.31 Å². The Morgan fingerprint density at radius 3 is 2.88 bits per heavy atom. The highest BCUT2D eigenvalue weighted by Gasteiger charge is 2.28. The van der Waals surface area contributed by atoms with Gasteiger partial charge >= 0.3 is 0 Å². The van der Waals surface area contributed by atoms with Crippen molar-refractivity contribution >= 4 is 21.6 Å². The zero-order valence-electron chi connectivity index (χ0n) is 13.5. The second-order valence-electron chi connectivity index (χ2n) is 5.82. The molecular formula is C16H20N4O3S. The van der Waals surface area contributed by atoms with Crippen LogP contribution in [-0.4, -0.2) is 42.9 Å². The van der Waals surface area contributed by atoms with Gasteiger partial charge in [0.25, 0.3) is 0 Å². The molecule has 1 N–H and O–H groups in total.